The van der Waals surface area contributed by atoms with Gasteiger partial charge in [0.25, 0.3) is 0 Å². The van der Waals surface area contributed by atoms with Crippen molar-refractivity contribution >= 4 is 18.0 Å². The fraction of sp³-hybridized carbons (Fsp3) is 0.812. The van der Waals surface area contributed by atoms with Gasteiger partial charge in [-0.05, 0) is 47.1 Å². The summed E-state index contributed by atoms with van der Waals surface area (Å²) in [6, 6.07) is -1.04. The third-order valence-electron chi connectivity index (χ3n) is 3.31. The highest BCUT2D eigenvalue weighted by Crippen LogP contribution is 2.08. The Labute approximate surface area is 143 Å². The fourth-order valence-electron chi connectivity index (χ4n) is 2.33. The first-order chi connectivity index (χ1) is 11.2. The molecular formula is C16H29N3O5. The topological polar surface area (TPSA) is 106 Å². The average Bonchev–Trinajstić information content (AvgIpc) is 2.45. The summed E-state index contributed by atoms with van der Waals surface area (Å²) in [7, 11) is 0. The van der Waals surface area contributed by atoms with E-state index in [0.717, 1.165) is 19.4 Å². The number of hydrogen-bond acceptors (Lipinski definition) is 6. The highest BCUT2D eigenvalue weighted by Gasteiger charge is 2.28. The molecule has 0 saturated carbocycles. The van der Waals surface area contributed by atoms with Gasteiger partial charge < -0.3 is 25.4 Å². The van der Waals surface area contributed by atoms with Gasteiger partial charge >= 0.3 is 12.1 Å². The maximum absolute atomic E-state index is 12.2. The minimum absolute atomic E-state index is 0.0376. The number of nitrogens with one attached hydrogen (secondary N) is 3. The molecule has 1 saturated heterocycles. The second kappa shape index (κ2) is 9.46. The lowest BCUT2D eigenvalue weighted by Gasteiger charge is -2.25. The number of carbonyl (C=O) groups is 3. The van der Waals surface area contributed by atoms with Crippen LogP contribution in [0.5, 0.6) is 0 Å². The summed E-state index contributed by atoms with van der Waals surface area (Å²) < 4.78 is 10.1. The average molecular weight is 343 g/mol. The zero-order valence-corrected chi connectivity index (χ0v) is 14.9. The van der Waals surface area contributed by atoms with E-state index in [2.05, 4.69) is 16.0 Å². The smallest absolute Gasteiger partial charge is 0.408 e. The number of alkyl carbamates (subject to hydrolysis) is 1. The summed E-state index contributed by atoms with van der Waals surface area (Å²) in [5, 5.41) is 8.48. The van der Waals surface area contributed by atoms with E-state index in [0.29, 0.717) is 6.54 Å². The molecule has 2 atom stereocenters. The van der Waals surface area contributed by atoms with Gasteiger partial charge in [-0.1, -0.05) is 0 Å². The molecule has 8 nitrogen and oxygen atoms in total. The highest BCUT2D eigenvalue weighted by molar-refractivity contribution is 5.88. The van der Waals surface area contributed by atoms with Gasteiger partial charge in [-0.2, -0.15) is 0 Å². The number of esters is 1. The van der Waals surface area contributed by atoms with Gasteiger partial charge in [0, 0.05) is 12.6 Å². The minimum atomic E-state index is -1.07. The minimum Gasteiger partial charge on any atom is -0.464 e. The van der Waals surface area contributed by atoms with E-state index in [4.69, 9.17) is 9.47 Å². The molecule has 0 radical (unpaired) electrons. The molecule has 0 aliphatic carbocycles. The largest absolute Gasteiger partial charge is 0.464 e. The fourth-order valence-corrected chi connectivity index (χ4v) is 2.33. The molecule has 0 aromatic heterocycles. The zero-order chi connectivity index (χ0) is 18.2. The Balaban J connectivity index is 2.58. The van der Waals surface area contributed by atoms with Crippen LogP contribution in [-0.4, -0.2) is 55.4 Å². The molecule has 3 N–H and O–H groups in total. The third-order valence-corrected chi connectivity index (χ3v) is 3.31. The van der Waals surface area contributed by atoms with Crippen LogP contribution < -0.4 is 16.0 Å². The highest BCUT2D eigenvalue weighted by atomic mass is 16.6. The van der Waals surface area contributed by atoms with Gasteiger partial charge in [-0.15, -0.1) is 0 Å². The molecule has 0 aromatic rings. The number of amides is 2. The predicted octanol–water partition coefficient (Wildman–Crippen LogP) is 0.701. The number of rotatable bonds is 6. The lowest BCUT2D eigenvalue weighted by atomic mass is 10.1. The summed E-state index contributed by atoms with van der Waals surface area (Å²) in [6.07, 6.45) is 0.937. The molecule has 1 heterocycles. The first-order valence-electron chi connectivity index (χ1n) is 8.37. The SMILES string of the molecule is CCOC(=O)[C@@H](CC(=O)NC1CCCNC1)NC(=O)OC(C)(C)C. The van der Waals surface area contributed by atoms with Gasteiger partial charge in [-0.3, -0.25) is 4.79 Å². The van der Waals surface area contributed by atoms with Crippen molar-refractivity contribution in [1.29, 1.82) is 0 Å². The lowest BCUT2D eigenvalue weighted by Crippen LogP contribution is -2.50. The quantitative estimate of drug-likeness (QED) is 0.613. The maximum atomic E-state index is 12.2. The number of piperidine rings is 1. The second-order valence-corrected chi connectivity index (χ2v) is 6.77. The first-order valence-corrected chi connectivity index (χ1v) is 8.37. The monoisotopic (exact) mass is 343 g/mol. The molecule has 1 aliphatic heterocycles. The molecule has 1 fully saturated rings. The third kappa shape index (κ3) is 8.14. The molecule has 24 heavy (non-hydrogen) atoms. The van der Waals surface area contributed by atoms with E-state index in [9.17, 15) is 14.4 Å². The van der Waals surface area contributed by atoms with Crippen LogP contribution in [0.4, 0.5) is 4.79 Å². The van der Waals surface area contributed by atoms with Gasteiger partial charge in [-0.25, -0.2) is 9.59 Å². The zero-order valence-electron chi connectivity index (χ0n) is 14.9. The predicted molar refractivity (Wildman–Crippen MR) is 88.4 cm³/mol. The van der Waals surface area contributed by atoms with Crippen LogP contribution in [0.1, 0.15) is 47.0 Å². The number of hydrogen-bond donors (Lipinski definition) is 3. The van der Waals surface area contributed by atoms with Gasteiger partial charge in [0.1, 0.15) is 11.6 Å². The number of carbonyl (C=O) groups excluding carboxylic acids is 3. The molecule has 1 unspecified atom stereocenters. The molecule has 1 aliphatic rings. The molecule has 138 valence electrons. The van der Waals surface area contributed by atoms with Crippen molar-refractivity contribution in [3.05, 3.63) is 0 Å². The van der Waals surface area contributed by atoms with E-state index in [1.165, 1.54) is 0 Å². The van der Waals surface area contributed by atoms with Crippen LogP contribution >= 0.6 is 0 Å². The molecular weight excluding hydrogens is 314 g/mol. The van der Waals surface area contributed by atoms with Crippen molar-refractivity contribution in [1.82, 2.24) is 16.0 Å². The lowest BCUT2D eigenvalue weighted by molar-refractivity contribution is -0.147. The van der Waals surface area contributed by atoms with E-state index < -0.39 is 23.7 Å². The van der Waals surface area contributed by atoms with E-state index in [-0.39, 0.29) is 25.0 Å². The van der Waals surface area contributed by atoms with Crippen molar-refractivity contribution < 1.29 is 23.9 Å². The summed E-state index contributed by atoms with van der Waals surface area (Å²) >= 11 is 0. The van der Waals surface area contributed by atoms with Crippen molar-refractivity contribution in [3.63, 3.8) is 0 Å². The molecule has 2 amide bonds. The van der Waals surface area contributed by atoms with Crippen molar-refractivity contribution in [2.75, 3.05) is 19.7 Å². The summed E-state index contributed by atoms with van der Waals surface area (Å²) in [5.41, 5.74) is -0.695. The Hall–Kier alpha value is -1.83. The van der Waals surface area contributed by atoms with E-state index in [1.807, 2.05) is 0 Å². The number of ether oxygens (including phenoxy) is 2. The maximum Gasteiger partial charge on any atom is 0.408 e. The van der Waals surface area contributed by atoms with Crippen LogP contribution in [0, 0.1) is 0 Å². The molecule has 0 spiro atoms. The van der Waals surface area contributed by atoms with Crippen LogP contribution in [0.2, 0.25) is 0 Å². The second-order valence-electron chi connectivity index (χ2n) is 6.77. The Morgan fingerprint density at radius 3 is 2.54 bits per heavy atom. The Kier molecular flexibility index (Phi) is 7.97. The van der Waals surface area contributed by atoms with Crippen LogP contribution in [-0.2, 0) is 19.1 Å². The Bertz CT molecular complexity index is 441. The molecule has 1 rings (SSSR count). The molecule has 0 bridgehead atoms. The standard InChI is InChI=1S/C16H29N3O5/c1-5-23-14(21)12(19-15(22)24-16(2,3)4)9-13(20)18-11-7-6-8-17-10-11/h11-12,17H,5-10H2,1-4H3,(H,18,20)(H,19,22)/t11?,12-/m1/s1. The molecule has 0 aromatic carbocycles. The Morgan fingerprint density at radius 2 is 2.00 bits per heavy atom. The van der Waals surface area contributed by atoms with Gasteiger partial charge in [0.15, 0.2) is 0 Å². The van der Waals surface area contributed by atoms with Crippen LogP contribution in [0.3, 0.4) is 0 Å². The van der Waals surface area contributed by atoms with Gasteiger partial charge in [0.2, 0.25) is 5.91 Å². The van der Waals surface area contributed by atoms with Crippen LogP contribution in [0.15, 0.2) is 0 Å². The summed E-state index contributed by atoms with van der Waals surface area (Å²) in [5.74, 6) is -0.960. The van der Waals surface area contributed by atoms with Crippen molar-refractivity contribution in [3.8, 4) is 0 Å². The summed E-state index contributed by atoms with van der Waals surface area (Å²) in [4.78, 5) is 36.0. The normalized spacial score (nSPS) is 19.1. The molecule has 8 heteroatoms. The van der Waals surface area contributed by atoms with E-state index in [1.54, 1.807) is 27.7 Å². The first kappa shape index (κ1) is 20.2. The summed E-state index contributed by atoms with van der Waals surface area (Å²) in [6.45, 7) is 8.63. The van der Waals surface area contributed by atoms with Crippen molar-refractivity contribution in [2.24, 2.45) is 0 Å². The van der Waals surface area contributed by atoms with Gasteiger partial charge in [0.05, 0.1) is 13.0 Å². The van der Waals surface area contributed by atoms with Crippen LogP contribution in [0.25, 0.3) is 0 Å². The van der Waals surface area contributed by atoms with Crippen molar-refractivity contribution in [2.45, 2.75) is 64.6 Å². The van der Waals surface area contributed by atoms with E-state index >= 15 is 0 Å². The Morgan fingerprint density at radius 1 is 1.29 bits per heavy atom.